The first kappa shape index (κ1) is 11.5. The van der Waals surface area contributed by atoms with E-state index in [0.717, 1.165) is 5.56 Å². The van der Waals surface area contributed by atoms with Gasteiger partial charge in [-0.25, -0.2) is 0 Å². The third kappa shape index (κ3) is 2.92. The maximum atomic E-state index is 10.6. The lowest BCUT2D eigenvalue weighted by atomic mass is 10.1. The molecule has 0 aliphatic heterocycles. The molecule has 80 valence electrons. The molecule has 0 amide bonds. The van der Waals surface area contributed by atoms with Crippen molar-refractivity contribution in [2.75, 3.05) is 12.4 Å². The predicted molar refractivity (Wildman–Crippen MR) is 60.8 cm³/mol. The van der Waals surface area contributed by atoms with E-state index >= 15 is 0 Å². The zero-order chi connectivity index (χ0) is 11.4. The quantitative estimate of drug-likeness (QED) is 0.705. The van der Waals surface area contributed by atoms with Crippen LogP contribution in [0.2, 0.25) is 0 Å². The molecule has 0 aromatic heterocycles. The van der Waals surface area contributed by atoms with Crippen LogP contribution in [0.1, 0.15) is 15.9 Å². The minimum atomic E-state index is -1.20. The first-order valence-electron chi connectivity index (χ1n) is 4.35. The second-order valence-corrected chi connectivity index (χ2v) is 3.43. The van der Waals surface area contributed by atoms with Crippen LogP contribution in [0.3, 0.4) is 0 Å². The summed E-state index contributed by atoms with van der Waals surface area (Å²) in [5.41, 5.74) is 1.70. The van der Waals surface area contributed by atoms with Gasteiger partial charge < -0.3 is 20.5 Å². The molecule has 5 heteroatoms. The van der Waals surface area contributed by atoms with Crippen LogP contribution in [0, 0.1) is 6.92 Å². The Hall–Kier alpha value is -1.62. The van der Waals surface area contributed by atoms with Crippen LogP contribution in [0.4, 0.5) is 5.69 Å². The largest absolute Gasteiger partial charge is 0.545 e. The summed E-state index contributed by atoms with van der Waals surface area (Å²) in [7, 11) is 1.69. The van der Waals surface area contributed by atoms with Crippen molar-refractivity contribution >= 4 is 29.0 Å². The topological polar surface area (TPSA) is 64.2 Å². The van der Waals surface area contributed by atoms with Crippen LogP contribution in [-0.2, 0) is 0 Å². The first-order chi connectivity index (χ1) is 7.04. The average Bonchev–Trinajstić information content (AvgIpc) is 2.20. The van der Waals surface area contributed by atoms with Crippen LogP contribution < -0.4 is 15.7 Å². The molecular formula is C10H11N2O2S-. The number of aryl methyl sites for hydroxylation is 1. The number of carbonyl (C=O) groups is 1. The number of carboxylic acid groups (broad SMARTS) is 1. The summed E-state index contributed by atoms with van der Waals surface area (Å²) >= 11 is 4.92. The molecule has 0 spiro atoms. The van der Waals surface area contributed by atoms with Gasteiger partial charge in [0.1, 0.15) is 0 Å². The molecule has 0 atom stereocenters. The van der Waals surface area contributed by atoms with E-state index in [9.17, 15) is 9.90 Å². The maximum Gasteiger partial charge on any atom is 0.170 e. The Morgan fingerprint density at radius 2 is 2.13 bits per heavy atom. The highest BCUT2D eigenvalue weighted by Crippen LogP contribution is 2.16. The Bertz CT molecular complexity index is 404. The van der Waals surface area contributed by atoms with Gasteiger partial charge in [-0.1, -0.05) is 12.1 Å². The summed E-state index contributed by atoms with van der Waals surface area (Å²) in [4.78, 5) is 10.6. The SMILES string of the molecule is CNC(=S)Nc1cc(C(=O)[O-])ccc1C. The van der Waals surface area contributed by atoms with Gasteiger partial charge in [-0.15, -0.1) is 0 Å². The highest BCUT2D eigenvalue weighted by Gasteiger charge is 2.02. The second-order valence-electron chi connectivity index (χ2n) is 3.02. The van der Waals surface area contributed by atoms with Gasteiger partial charge in [0.05, 0.1) is 5.97 Å². The number of thiocarbonyl (C=S) groups is 1. The minimum Gasteiger partial charge on any atom is -0.545 e. The van der Waals surface area contributed by atoms with Crippen LogP contribution in [0.5, 0.6) is 0 Å². The van der Waals surface area contributed by atoms with Gasteiger partial charge >= 0.3 is 0 Å². The van der Waals surface area contributed by atoms with Crippen molar-refractivity contribution in [3.8, 4) is 0 Å². The highest BCUT2D eigenvalue weighted by atomic mass is 32.1. The molecule has 1 aromatic rings. The zero-order valence-electron chi connectivity index (χ0n) is 8.46. The fourth-order valence-electron chi connectivity index (χ4n) is 1.07. The van der Waals surface area contributed by atoms with Gasteiger partial charge in [-0.3, -0.25) is 0 Å². The van der Waals surface area contributed by atoms with Crippen molar-refractivity contribution in [2.45, 2.75) is 6.92 Å². The Labute approximate surface area is 93.3 Å². The van der Waals surface area contributed by atoms with Gasteiger partial charge in [-0.2, -0.15) is 0 Å². The molecule has 0 fully saturated rings. The van der Waals surface area contributed by atoms with Crippen LogP contribution >= 0.6 is 12.2 Å². The molecule has 0 saturated carbocycles. The summed E-state index contributed by atoms with van der Waals surface area (Å²) in [6, 6.07) is 4.69. The Morgan fingerprint density at radius 1 is 1.47 bits per heavy atom. The molecule has 15 heavy (non-hydrogen) atoms. The van der Waals surface area contributed by atoms with E-state index in [1.54, 1.807) is 13.1 Å². The molecule has 2 N–H and O–H groups in total. The normalized spacial score (nSPS) is 9.47. The number of anilines is 1. The predicted octanol–water partition coefficient (Wildman–Crippen LogP) is 0.275. The number of rotatable bonds is 2. The van der Waals surface area contributed by atoms with Crippen molar-refractivity contribution in [3.63, 3.8) is 0 Å². The monoisotopic (exact) mass is 223 g/mol. The molecule has 0 saturated heterocycles. The average molecular weight is 223 g/mol. The van der Waals surface area contributed by atoms with Gasteiger partial charge in [0.25, 0.3) is 0 Å². The Kier molecular flexibility index (Phi) is 3.62. The van der Waals surface area contributed by atoms with Crippen LogP contribution in [0.25, 0.3) is 0 Å². The molecule has 0 bridgehead atoms. The third-order valence-corrected chi connectivity index (χ3v) is 2.25. The van der Waals surface area contributed by atoms with Gasteiger partial charge in [0.15, 0.2) is 5.11 Å². The summed E-state index contributed by atoms with van der Waals surface area (Å²) in [5.74, 6) is -1.20. The molecule has 4 nitrogen and oxygen atoms in total. The highest BCUT2D eigenvalue weighted by molar-refractivity contribution is 7.80. The van der Waals surface area contributed by atoms with Gasteiger partial charge in [-0.05, 0) is 36.3 Å². The van der Waals surface area contributed by atoms with E-state index in [2.05, 4.69) is 10.6 Å². The van der Waals surface area contributed by atoms with E-state index in [0.29, 0.717) is 10.8 Å². The van der Waals surface area contributed by atoms with Crippen molar-refractivity contribution < 1.29 is 9.90 Å². The molecule has 0 radical (unpaired) electrons. The lowest BCUT2D eigenvalue weighted by Crippen LogP contribution is -2.26. The smallest absolute Gasteiger partial charge is 0.170 e. The van der Waals surface area contributed by atoms with Crippen LogP contribution in [-0.4, -0.2) is 18.1 Å². The zero-order valence-corrected chi connectivity index (χ0v) is 9.27. The number of carbonyl (C=O) groups excluding carboxylic acids is 1. The Morgan fingerprint density at radius 3 is 2.67 bits per heavy atom. The van der Waals surface area contributed by atoms with E-state index in [1.165, 1.54) is 12.1 Å². The lowest BCUT2D eigenvalue weighted by Gasteiger charge is -2.12. The fraction of sp³-hybridized carbons (Fsp3) is 0.200. The molecule has 0 aliphatic rings. The van der Waals surface area contributed by atoms with Crippen molar-refractivity contribution in [1.29, 1.82) is 0 Å². The summed E-state index contributed by atoms with van der Waals surface area (Å²) < 4.78 is 0. The number of nitrogens with one attached hydrogen (secondary N) is 2. The van der Waals surface area contributed by atoms with Crippen molar-refractivity contribution in [1.82, 2.24) is 5.32 Å². The first-order valence-corrected chi connectivity index (χ1v) is 4.76. The van der Waals surface area contributed by atoms with Crippen molar-refractivity contribution in [2.24, 2.45) is 0 Å². The lowest BCUT2D eigenvalue weighted by molar-refractivity contribution is -0.255. The number of benzene rings is 1. The summed E-state index contributed by atoms with van der Waals surface area (Å²) in [5, 5.41) is 16.7. The molecule has 0 unspecified atom stereocenters. The minimum absolute atomic E-state index is 0.127. The van der Waals surface area contributed by atoms with Gasteiger partial charge in [0, 0.05) is 12.7 Å². The molecule has 1 rings (SSSR count). The maximum absolute atomic E-state index is 10.6. The Balaban J connectivity index is 3.00. The van der Waals surface area contributed by atoms with E-state index in [-0.39, 0.29) is 5.56 Å². The molecule has 0 aliphatic carbocycles. The third-order valence-electron chi connectivity index (χ3n) is 1.95. The van der Waals surface area contributed by atoms with E-state index < -0.39 is 5.97 Å². The number of aromatic carboxylic acids is 1. The number of carboxylic acids is 1. The summed E-state index contributed by atoms with van der Waals surface area (Å²) in [6.45, 7) is 1.86. The second kappa shape index (κ2) is 4.75. The van der Waals surface area contributed by atoms with Crippen LogP contribution in [0.15, 0.2) is 18.2 Å². The number of hydrogen-bond acceptors (Lipinski definition) is 3. The van der Waals surface area contributed by atoms with E-state index in [4.69, 9.17) is 12.2 Å². The summed E-state index contributed by atoms with van der Waals surface area (Å²) in [6.07, 6.45) is 0. The molecule has 0 heterocycles. The van der Waals surface area contributed by atoms with E-state index in [1.807, 2.05) is 6.92 Å². The molecular weight excluding hydrogens is 212 g/mol. The molecule has 1 aromatic carbocycles. The van der Waals surface area contributed by atoms with Crippen molar-refractivity contribution in [3.05, 3.63) is 29.3 Å². The fourth-order valence-corrected chi connectivity index (χ4v) is 1.18. The number of hydrogen-bond donors (Lipinski definition) is 2. The standard InChI is InChI=1S/C10H12N2O2S/c1-6-3-4-7(9(13)14)5-8(6)12-10(15)11-2/h3-5H,1-2H3,(H,13,14)(H2,11,12,15)/p-1. The van der Waals surface area contributed by atoms with Gasteiger partial charge in [0.2, 0.25) is 0 Å².